The number of nitrogens with one attached hydrogen (secondary N) is 1. The highest BCUT2D eigenvalue weighted by molar-refractivity contribution is 7.94. The van der Waals surface area contributed by atoms with Gasteiger partial charge in [-0.15, -0.1) is 0 Å². The Morgan fingerprint density at radius 1 is 1.56 bits per heavy atom. The second-order valence-corrected chi connectivity index (χ2v) is 5.23. The van der Waals surface area contributed by atoms with Gasteiger partial charge in [0.15, 0.2) is 9.84 Å². The van der Waals surface area contributed by atoms with Gasteiger partial charge in [0.1, 0.15) is 5.88 Å². The van der Waals surface area contributed by atoms with Crippen molar-refractivity contribution in [1.29, 1.82) is 0 Å². The molecular formula is C5H10NO2S. The van der Waals surface area contributed by atoms with E-state index in [1.54, 1.807) is 13.8 Å². The average Bonchev–Trinajstić information content (AvgIpc) is 1.81. The molecular weight excluding hydrogens is 138 g/mol. The molecule has 0 spiro atoms. The molecule has 1 aliphatic heterocycles. The molecule has 0 aromatic heterocycles. The Morgan fingerprint density at radius 2 is 2.11 bits per heavy atom. The van der Waals surface area contributed by atoms with Crippen molar-refractivity contribution in [3.05, 3.63) is 5.88 Å². The molecule has 0 saturated carbocycles. The molecule has 0 aromatic rings. The molecule has 1 N–H and O–H groups in total. The monoisotopic (exact) mass is 148 g/mol. The van der Waals surface area contributed by atoms with Crippen LogP contribution in [-0.2, 0) is 9.84 Å². The van der Waals surface area contributed by atoms with Crippen LogP contribution in [0.5, 0.6) is 0 Å². The van der Waals surface area contributed by atoms with E-state index in [0.717, 1.165) is 0 Å². The zero-order chi connectivity index (χ0) is 7.12. The molecule has 0 bridgehead atoms. The van der Waals surface area contributed by atoms with Crippen LogP contribution < -0.4 is 5.32 Å². The van der Waals surface area contributed by atoms with E-state index >= 15 is 0 Å². The maximum absolute atomic E-state index is 11.0. The van der Waals surface area contributed by atoms with Crippen molar-refractivity contribution in [3.8, 4) is 0 Å². The first-order valence-electron chi connectivity index (χ1n) is 2.77. The first-order valence-corrected chi connectivity index (χ1v) is 4.32. The normalized spacial score (nSPS) is 30.4. The number of rotatable bonds is 0. The van der Waals surface area contributed by atoms with Crippen molar-refractivity contribution in [2.75, 3.05) is 6.54 Å². The van der Waals surface area contributed by atoms with Gasteiger partial charge < -0.3 is 0 Å². The minimum atomic E-state index is -2.96. The quantitative estimate of drug-likeness (QED) is 0.522. The fraction of sp³-hybridized carbons (Fsp3) is 0.800. The molecule has 0 aromatic carbocycles. The van der Waals surface area contributed by atoms with Crippen LogP contribution in [0.2, 0.25) is 0 Å². The van der Waals surface area contributed by atoms with Crippen LogP contribution in [-0.4, -0.2) is 19.7 Å². The SMILES string of the molecule is CC1(C)CN[CH]S1(=O)=O. The van der Waals surface area contributed by atoms with Crippen molar-refractivity contribution >= 4 is 9.84 Å². The average molecular weight is 148 g/mol. The molecule has 9 heavy (non-hydrogen) atoms. The Hall–Kier alpha value is -0.0900. The van der Waals surface area contributed by atoms with Gasteiger partial charge in [0, 0.05) is 6.54 Å². The van der Waals surface area contributed by atoms with E-state index in [4.69, 9.17) is 0 Å². The van der Waals surface area contributed by atoms with Crippen LogP contribution in [0.15, 0.2) is 0 Å². The summed E-state index contributed by atoms with van der Waals surface area (Å²) in [4.78, 5) is 0. The van der Waals surface area contributed by atoms with Crippen LogP contribution in [0.25, 0.3) is 0 Å². The van der Waals surface area contributed by atoms with Crippen molar-refractivity contribution in [3.63, 3.8) is 0 Å². The summed E-state index contributed by atoms with van der Waals surface area (Å²) in [5.41, 5.74) is 0. The molecule has 1 fully saturated rings. The molecule has 1 radical (unpaired) electrons. The molecule has 1 heterocycles. The summed E-state index contributed by atoms with van der Waals surface area (Å²) in [6, 6.07) is 0. The van der Waals surface area contributed by atoms with Crippen molar-refractivity contribution < 1.29 is 8.42 Å². The molecule has 4 heteroatoms. The molecule has 1 saturated heterocycles. The van der Waals surface area contributed by atoms with E-state index in [0.29, 0.717) is 6.54 Å². The largest absolute Gasteiger partial charge is 0.297 e. The highest BCUT2D eigenvalue weighted by Gasteiger charge is 2.39. The molecule has 1 rings (SSSR count). The van der Waals surface area contributed by atoms with Gasteiger partial charge >= 0.3 is 0 Å². The van der Waals surface area contributed by atoms with E-state index in [1.807, 2.05) is 0 Å². The standard InChI is InChI=1S/C5H10NO2S/c1-5(2)3-6-4-9(5,7)8/h4,6H,3H2,1-2H3. The number of sulfone groups is 1. The topological polar surface area (TPSA) is 46.2 Å². The lowest BCUT2D eigenvalue weighted by molar-refractivity contribution is 0.567. The minimum absolute atomic E-state index is 0.523. The highest BCUT2D eigenvalue weighted by Crippen LogP contribution is 2.22. The third-order valence-corrected chi connectivity index (χ3v) is 3.70. The molecule has 0 unspecified atom stereocenters. The zero-order valence-electron chi connectivity index (χ0n) is 5.51. The second-order valence-electron chi connectivity index (χ2n) is 2.80. The van der Waals surface area contributed by atoms with Crippen molar-refractivity contribution in [2.45, 2.75) is 18.6 Å². The van der Waals surface area contributed by atoms with Gasteiger partial charge in [-0.25, -0.2) is 8.42 Å². The highest BCUT2D eigenvalue weighted by atomic mass is 32.2. The van der Waals surface area contributed by atoms with E-state index < -0.39 is 14.6 Å². The summed E-state index contributed by atoms with van der Waals surface area (Å²) in [5.74, 6) is 1.17. The third kappa shape index (κ3) is 0.966. The predicted octanol–water partition coefficient (Wildman–Crippen LogP) is -0.0977. The van der Waals surface area contributed by atoms with E-state index in [-0.39, 0.29) is 0 Å². The van der Waals surface area contributed by atoms with Crippen LogP contribution >= 0.6 is 0 Å². The molecule has 0 atom stereocenters. The Bertz CT molecular complexity index is 205. The van der Waals surface area contributed by atoms with Crippen molar-refractivity contribution in [2.24, 2.45) is 0 Å². The summed E-state index contributed by atoms with van der Waals surface area (Å²) >= 11 is 0. The third-order valence-electron chi connectivity index (χ3n) is 1.54. The second kappa shape index (κ2) is 1.70. The first-order chi connectivity index (χ1) is 3.96. The molecule has 0 amide bonds. The van der Waals surface area contributed by atoms with Crippen LogP contribution in [0, 0.1) is 5.88 Å². The predicted molar refractivity (Wildman–Crippen MR) is 35.3 cm³/mol. The summed E-state index contributed by atoms with van der Waals surface area (Å²) in [5, 5.41) is 2.69. The maximum atomic E-state index is 11.0. The summed E-state index contributed by atoms with van der Waals surface area (Å²) < 4.78 is 21.3. The van der Waals surface area contributed by atoms with Gasteiger partial charge in [0.2, 0.25) is 0 Å². The van der Waals surface area contributed by atoms with E-state index in [9.17, 15) is 8.42 Å². The summed E-state index contributed by atoms with van der Waals surface area (Å²) in [6.07, 6.45) is 0. The van der Waals surface area contributed by atoms with Gasteiger partial charge in [-0.1, -0.05) is 0 Å². The lowest BCUT2D eigenvalue weighted by Gasteiger charge is -2.12. The van der Waals surface area contributed by atoms with Gasteiger partial charge in [0.25, 0.3) is 0 Å². The molecule has 0 aliphatic carbocycles. The van der Waals surface area contributed by atoms with Crippen LogP contribution in [0.1, 0.15) is 13.8 Å². The Morgan fingerprint density at radius 3 is 2.22 bits per heavy atom. The minimum Gasteiger partial charge on any atom is -0.297 e. The van der Waals surface area contributed by atoms with Crippen LogP contribution in [0.4, 0.5) is 0 Å². The molecule has 1 aliphatic rings. The Kier molecular flexibility index (Phi) is 1.33. The fourth-order valence-electron chi connectivity index (χ4n) is 0.657. The van der Waals surface area contributed by atoms with Crippen LogP contribution in [0.3, 0.4) is 0 Å². The Balaban J connectivity index is 3.03. The summed E-state index contributed by atoms with van der Waals surface area (Å²) in [6.45, 7) is 3.94. The molecule has 53 valence electrons. The van der Waals surface area contributed by atoms with E-state index in [1.165, 1.54) is 5.88 Å². The van der Waals surface area contributed by atoms with Gasteiger partial charge in [-0.05, 0) is 13.8 Å². The van der Waals surface area contributed by atoms with Crippen molar-refractivity contribution in [1.82, 2.24) is 5.32 Å². The zero-order valence-corrected chi connectivity index (χ0v) is 6.33. The first kappa shape index (κ1) is 7.02. The summed E-state index contributed by atoms with van der Waals surface area (Å²) in [7, 11) is -2.96. The number of hydrogen-bond acceptors (Lipinski definition) is 3. The smallest absolute Gasteiger partial charge is 0.175 e. The van der Waals surface area contributed by atoms with Gasteiger partial charge in [-0.3, -0.25) is 5.32 Å². The van der Waals surface area contributed by atoms with E-state index in [2.05, 4.69) is 5.32 Å². The fourth-order valence-corrected chi connectivity index (χ4v) is 1.56. The Labute approximate surface area is 55.4 Å². The molecule has 3 nitrogen and oxygen atoms in total. The maximum Gasteiger partial charge on any atom is 0.175 e. The lowest BCUT2D eigenvalue weighted by atomic mass is 10.2. The van der Waals surface area contributed by atoms with Gasteiger partial charge in [-0.2, -0.15) is 0 Å². The van der Waals surface area contributed by atoms with Gasteiger partial charge in [0.05, 0.1) is 4.75 Å². The lowest BCUT2D eigenvalue weighted by Crippen LogP contribution is -2.29. The number of hydrogen-bond donors (Lipinski definition) is 1.